The largest absolute Gasteiger partial charge is 0.507 e. The first kappa shape index (κ1) is 15.3. The molecule has 0 saturated carbocycles. The van der Waals surface area contributed by atoms with Gasteiger partial charge in [0.1, 0.15) is 17.1 Å². The third-order valence-corrected chi connectivity index (χ3v) is 4.10. The van der Waals surface area contributed by atoms with Crippen LogP contribution in [0.2, 0.25) is 0 Å². The SMILES string of the molecule is CC1(C)CCc2c(ccc(C(=O)/C=C\c3ccccc3)c2O)O1. The Morgan fingerprint density at radius 3 is 2.65 bits per heavy atom. The number of allylic oxidation sites excluding steroid dienone is 1. The van der Waals surface area contributed by atoms with E-state index in [0.717, 1.165) is 17.5 Å². The molecule has 0 fully saturated rings. The van der Waals surface area contributed by atoms with Crippen molar-refractivity contribution in [2.75, 3.05) is 0 Å². The van der Waals surface area contributed by atoms with Gasteiger partial charge in [-0.2, -0.15) is 0 Å². The topological polar surface area (TPSA) is 46.5 Å². The van der Waals surface area contributed by atoms with Gasteiger partial charge in [-0.05, 0) is 50.5 Å². The number of benzene rings is 2. The van der Waals surface area contributed by atoms with Crippen LogP contribution in [0.25, 0.3) is 6.08 Å². The number of rotatable bonds is 3. The molecule has 1 N–H and O–H groups in total. The Bertz CT molecular complexity index is 758. The van der Waals surface area contributed by atoms with Gasteiger partial charge < -0.3 is 9.84 Å². The Hall–Kier alpha value is -2.55. The number of fused-ring (bicyclic) bond motifs is 1. The summed E-state index contributed by atoms with van der Waals surface area (Å²) in [5, 5.41) is 10.4. The summed E-state index contributed by atoms with van der Waals surface area (Å²) in [5.74, 6) is 0.502. The van der Waals surface area contributed by atoms with Crippen molar-refractivity contribution in [3.05, 3.63) is 65.2 Å². The molecule has 0 radical (unpaired) electrons. The second-order valence-corrected chi connectivity index (χ2v) is 6.41. The van der Waals surface area contributed by atoms with Crippen molar-refractivity contribution in [3.8, 4) is 11.5 Å². The summed E-state index contributed by atoms with van der Waals surface area (Å²) in [5.41, 5.74) is 1.75. The van der Waals surface area contributed by atoms with E-state index in [1.54, 1.807) is 18.2 Å². The second kappa shape index (κ2) is 5.92. The molecule has 3 rings (SSSR count). The van der Waals surface area contributed by atoms with Gasteiger partial charge in [-0.15, -0.1) is 0 Å². The van der Waals surface area contributed by atoms with Crippen LogP contribution in [0, 0.1) is 0 Å². The predicted octanol–water partition coefficient (Wildman–Crippen LogP) is 4.39. The number of carbonyl (C=O) groups is 1. The predicted molar refractivity (Wildman–Crippen MR) is 90.9 cm³/mol. The number of phenols is 1. The highest BCUT2D eigenvalue weighted by atomic mass is 16.5. The first-order valence-corrected chi connectivity index (χ1v) is 7.78. The quantitative estimate of drug-likeness (QED) is 0.675. The van der Waals surface area contributed by atoms with Gasteiger partial charge in [0.15, 0.2) is 5.78 Å². The minimum absolute atomic E-state index is 0.0423. The van der Waals surface area contributed by atoms with Gasteiger partial charge in [0, 0.05) is 5.56 Å². The molecule has 0 bridgehead atoms. The van der Waals surface area contributed by atoms with Crippen LogP contribution in [0.15, 0.2) is 48.5 Å². The molecule has 0 unspecified atom stereocenters. The minimum Gasteiger partial charge on any atom is -0.507 e. The maximum absolute atomic E-state index is 12.4. The smallest absolute Gasteiger partial charge is 0.189 e. The maximum atomic E-state index is 12.4. The van der Waals surface area contributed by atoms with Gasteiger partial charge in [0.25, 0.3) is 0 Å². The molecule has 0 aliphatic carbocycles. The molecule has 1 aliphatic heterocycles. The minimum atomic E-state index is -0.238. The van der Waals surface area contributed by atoms with Crippen LogP contribution >= 0.6 is 0 Å². The molecule has 2 aromatic carbocycles. The molecule has 2 aromatic rings. The van der Waals surface area contributed by atoms with Crippen LogP contribution in [0.5, 0.6) is 11.5 Å². The lowest BCUT2D eigenvalue weighted by Gasteiger charge is -2.33. The zero-order valence-corrected chi connectivity index (χ0v) is 13.4. The average molecular weight is 308 g/mol. The number of ketones is 1. The van der Waals surface area contributed by atoms with Crippen molar-refractivity contribution in [3.63, 3.8) is 0 Å². The van der Waals surface area contributed by atoms with Crippen molar-refractivity contribution in [1.82, 2.24) is 0 Å². The van der Waals surface area contributed by atoms with Gasteiger partial charge in [-0.3, -0.25) is 4.79 Å². The molecule has 3 nitrogen and oxygen atoms in total. The average Bonchev–Trinajstić information content (AvgIpc) is 2.53. The lowest BCUT2D eigenvalue weighted by atomic mass is 9.91. The monoisotopic (exact) mass is 308 g/mol. The van der Waals surface area contributed by atoms with Gasteiger partial charge in [-0.25, -0.2) is 0 Å². The molecular formula is C20H20O3. The van der Waals surface area contributed by atoms with Crippen molar-refractivity contribution in [2.24, 2.45) is 0 Å². The molecule has 0 spiro atoms. The molecule has 1 aliphatic rings. The van der Waals surface area contributed by atoms with Gasteiger partial charge in [-0.1, -0.05) is 36.4 Å². The molecule has 1 heterocycles. The first-order chi connectivity index (χ1) is 11.0. The molecule has 23 heavy (non-hydrogen) atoms. The molecule has 0 atom stereocenters. The molecule has 3 heteroatoms. The Morgan fingerprint density at radius 1 is 1.17 bits per heavy atom. The third kappa shape index (κ3) is 3.29. The Labute approximate surface area is 136 Å². The summed E-state index contributed by atoms with van der Waals surface area (Å²) in [7, 11) is 0. The van der Waals surface area contributed by atoms with Crippen LogP contribution in [0.3, 0.4) is 0 Å². The highest BCUT2D eigenvalue weighted by molar-refractivity contribution is 6.09. The summed E-state index contributed by atoms with van der Waals surface area (Å²) in [4.78, 5) is 12.4. The van der Waals surface area contributed by atoms with E-state index in [4.69, 9.17) is 4.74 Å². The molecular weight excluding hydrogens is 288 g/mol. The Morgan fingerprint density at radius 2 is 1.91 bits per heavy atom. The summed E-state index contributed by atoms with van der Waals surface area (Å²) in [6.07, 6.45) is 4.76. The lowest BCUT2D eigenvalue weighted by Crippen LogP contribution is -2.32. The van der Waals surface area contributed by atoms with E-state index in [-0.39, 0.29) is 17.1 Å². The van der Waals surface area contributed by atoms with E-state index in [0.29, 0.717) is 17.7 Å². The fourth-order valence-corrected chi connectivity index (χ4v) is 2.75. The summed E-state index contributed by atoms with van der Waals surface area (Å²) in [6, 6.07) is 13.0. The fourth-order valence-electron chi connectivity index (χ4n) is 2.75. The molecule has 0 saturated heterocycles. The van der Waals surface area contributed by atoms with E-state index >= 15 is 0 Å². The van der Waals surface area contributed by atoms with Crippen molar-refractivity contribution >= 4 is 11.9 Å². The van der Waals surface area contributed by atoms with Crippen LogP contribution in [0.1, 0.15) is 41.8 Å². The van der Waals surface area contributed by atoms with E-state index in [9.17, 15) is 9.90 Å². The van der Waals surface area contributed by atoms with E-state index in [2.05, 4.69) is 0 Å². The highest BCUT2D eigenvalue weighted by Gasteiger charge is 2.29. The third-order valence-electron chi connectivity index (χ3n) is 4.10. The number of carbonyl (C=O) groups excluding carboxylic acids is 1. The summed E-state index contributed by atoms with van der Waals surface area (Å²) < 4.78 is 5.87. The maximum Gasteiger partial charge on any atom is 0.189 e. The first-order valence-electron chi connectivity index (χ1n) is 7.78. The van der Waals surface area contributed by atoms with Crippen LogP contribution in [0.4, 0.5) is 0 Å². The molecule has 118 valence electrons. The molecule has 0 aromatic heterocycles. The number of hydrogen-bond acceptors (Lipinski definition) is 3. The van der Waals surface area contributed by atoms with E-state index in [1.165, 1.54) is 6.08 Å². The van der Waals surface area contributed by atoms with E-state index in [1.807, 2.05) is 44.2 Å². The fraction of sp³-hybridized carbons (Fsp3) is 0.250. The van der Waals surface area contributed by atoms with Crippen molar-refractivity contribution in [1.29, 1.82) is 0 Å². The standard InChI is InChI=1S/C20H20O3/c1-20(2)13-12-16-18(23-20)11-9-15(19(16)22)17(21)10-8-14-6-4-3-5-7-14/h3-11,22H,12-13H2,1-2H3/b10-8-. The second-order valence-electron chi connectivity index (χ2n) is 6.41. The lowest BCUT2D eigenvalue weighted by molar-refractivity contribution is 0.0836. The number of aromatic hydroxyl groups is 1. The van der Waals surface area contributed by atoms with E-state index < -0.39 is 0 Å². The zero-order valence-electron chi connectivity index (χ0n) is 13.4. The summed E-state index contributed by atoms with van der Waals surface area (Å²) in [6.45, 7) is 4.04. The van der Waals surface area contributed by atoms with Crippen LogP contribution < -0.4 is 4.74 Å². The number of phenolic OH excluding ortho intramolecular Hbond substituents is 1. The molecule has 0 amide bonds. The Kier molecular flexibility index (Phi) is 3.95. The van der Waals surface area contributed by atoms with Gasteiger partial charge in [0.2, 0.25) is 0 Å². The van der Waals surface area contributed by atoms with Gasteiger partial charge in [0.05, 0.1) is 5.56 Å². The number of hydrogen-bond donors (Lipinski definition) is 1. The number of ether oxygens (including phenoxy) is 1. The Balaban J connectivity index is 1.87. The zero-order chi connectivity index (χ0) is 16.4. The van der Waals surface area contributed by atoms with Crippen molar-refractivity contribution in [2.45, 2.75) is 32.3 Å². The van der Waals surface area contributed by atoms with Crippen LogP contribution in [-0.2, 0) is 6.42 Å². The normalized spacial score (nSPS) is 15.9. The van der Waals surface area contributed by atoms with Crippen molar-refractivity contribution < 1.29 is 14.6 Å². The van der Waals surface area contributed by atoms with Gasteiger partial charge >= 0.3 is 0 Å². The summed E-state index contributed by atoms with van der Waals surface area (Å²) >= 11 is 0. The van der Waals surface area contributed by atoms with Crippen LogP contribution in [-0.4, -0.2) is 16.5 Å². The highest BCUT2D eigenvalue weighted by Crippen LogP contribution is 2.39.